The summed E-state index contributed by atoms with van der Waals surface area (Å²) in [4.78, 5) is 0. The first-order valence-corrected chi connectivity index (χ1v) is 7.08. The van der Waals surface area contributed by atoms with Crippen molar-refractivity contribution in [3.8, 4) is 11.1 Å². The smallest absolute Gasteiger partial charge is 0.230 e. The normalized spacial score (nSPS) is 16.7. The van der Waals surface area contributed by atoms with Gasteiger partial charge in [0, 0.05) is 5.92 Å². The van der Waals surface area contributed by atoms with Crippen molar-refractivity contribution in [3.63, 3.8) is 0 Å². The largest absolute Gasteiger partial charge is 0.367 e. The molecule has 0 aliphatic heterocycles. The molecule has 19 heavy (non-hydrogen) atoms. The maximum atomic E-state index is 6.02. The number of nitrogens with two attached hydrogens (primary N) is 1. The Kier molecular flexibility index (Phi) is 3.28. The zero-order valence-electron chi connectivity index (χ0n) is 11.4. The Labute approximate surface area is 113 Å². The number of anilines is 1. The maximum absolute atomic E-state index is 6.02. The van der Waals surface area contributed by atoms with E-state index < -0.39 is 0 Å². The van der Waals surface area contributed by atoms with Crippen molar-refractivity contribution >= 4 is 5.88 Å². The molecule has 3 nitrogen and oxygen atoms in total. The number of aromatic nitrogens is 1. The number of hydrogen-bond acceptors (Lipinski definition) is 3. The Morgan fingerprint density at radius 1 is 1.16 bits per heavy atom. The highest BCUT2D eigenvalue weighted by Crippen LogP contribution is 2.41. The Morgan fingerprint density at radius 2 is 1.89 bits per heavy atom. The van der Waals surface area contributed by atoms with E-state index in [-0.39, 0.29) is 0 Å². The van der Waals surface area contributed by atoms with E-state index in [2.05, 4.69) is 24.2 Å². The first-order chi connectivity index (χ1) is 9.27. The molecule has 1 fully saturated rings. The molecule has 1 saturated carbocycles. The second kappa shape index (κ2) is 5.08. The molecule has 0 atom stereocenters. The van der Waals surface area contributed by atoms with Gasteiger partial charge in [-0.3, -0.25) is 0 Å². The van der Waals surface area contributed by atoms with E-state index in [9.17, 15) is 0 Å². The molecule has 0 saturated heterocycles. The van der Waals surface area contributed by atoms with Gasteiger partial charge in [0.25, 0.3) is 0 Å². The van der Waals surface area contributed by atoms with Crippen LogP contribution in [0, 0.1) is 6.92 Å². The minimum absolute atomic E-state index is 0.454. The topological polar surface area (TPSA) is 52.0 Å². The first kappa shape index (κ1) is 12.3. The van der Waals surface area contributed by atoms with Crippen molar-refractivity contribution in [2.75, 3.05) is 5.73 Å². The van der Waals surface area contributed by atoms with Crippen molar-refractivity contribution in [2.24, 2.45) is 0 Å². The van der Waals surface area contributed by atoms with Crippen LogP contribution in [0.4, 0.5) is 5.88 Å². The van der Waals surface area contributed by atoms with Crippen molar-refractivity contribution in [1.82, 2.24) is 5.16 Å². The molecule has 0 bridgehead atoms. The van der Waals surface area contributed by atoms with E-state index in [0.717, 1.165) is 16.8 Å². The Bertz CT molecular complexity index is 568. The van der Waals surface area contributed by atoms with Crippen LogP contribution in [0.5, 0.6) is 0 Å². The summed E-state index contributed by atoms with van der Waals surface area (Å²) in [6.07, 6.45) is 6.30. The number of aryl methyl sites for hydroxylation is 1. The minimum Gasteiger partial charge on any atom is -0.367 e. The predicted octanol–water partition coefficient (Wildman–Crippen LogP) is 4.28. The molecular formula is C16H20N2O. The number of hydrogen-bond donors (Lipinski definition) is 1. The molecule has 1 aromatic carbocycles. The lowest BCUT2D eigenvalue weighted by Gasteiger charge is -2.20. The second-order valence-corrected chi connectivity index (χ2v) is 5.46. The third kappa shape index (κ3) is 2.25. The zero-order valence-corrected chi connectivity index (χ0v) is 11.4. The van der Waals surface area contributed by atoms with Crippen LogP contribution in [0.25, 0.3) is 11.1 Å². The summed E-state index contributed by atoms with van der Waals surface area (Å²) in [5, 5.41) is 4.26. The van der Waals surface area contributed by atoms with E-state index in [0.29, 0.717) is 11.8 Å². The van der Waals surface area contributed by atoms with Gasteiger partial charge in [-0.1, -0.05) is 48.7 Å². The summed E-state index contributed by atoms with van der Waals surface area (Å²) in [6, 6.07) is 8.29. The van der Waals surface area contributed by atoms with Crippen LogP contribution in [0.15, 0.2) is 28.8 Å². The average Bonchev–Trinajstić information content (AvgIpc) is 2.82. The highest BCUT2D eigenvalue weighted by atomic mass is 16.5. The van der Waals surface area contributed by atoms with Crippen LogP contribution in [0.1, 0.15) is 49.3 Å². The number of benzene rings is 1. The van der Waals surface area contributed by atoms with Gasteiger partial charge in [-0.25, -0.2) is 0 Å². The molecule has 1 aromatic heterocycles. The Balaban J connectivity index is 2.06. The van der Waals surface area contributed by atoms with Crippen molar-refractivity contribution < 1.29 is 4.52 Å². The fourth-order valence-corrected chi connectivity index (χ4v) is 3.09. The first-order valence-electron chi connectivity index (χ1n) is 7.08. The van der Waals surface area contributed by atoms with E-state index >= 15 is 0 Å². The molecule has 0 radical (unpaired) electrons. The van der Waals surface area contributed by atoms with E-state index in [1.807, 2.05) is 12.1 Å². The van der Waals surface area contributed by atoms with Crippen molar-refractivity contribution in [3.05, 3.63) is 35.5 Å². The van der Waals surface area contributed by atoms with Gasteiger partial charge >= 0.3 is 0 Å². The van der Waals surface area contributed by atoms with Gasteiger partial charge < -0.3 is 10.3 Å². The maximum Gasteiger partial charge on any atom is 0.230 e. The van der Waals surface area contributed by atoms with Crippen LogP contribution in [0.3, 0.4) is 0 Å². The quantitative estimate of drug-likeness (QED) is 0.872. The predicted molar refractivity (Wildman–Crippen MR) is 76.9 cm³/mol. The van der Waals surface area contributed by atoms with Gasteiger partial charge in [0.05, 0.1) is 11.3 Å². The monoisotopic (exact) mass is 256 g/mol. The van der Waals surface area contributed by atoms with Gasteiger partial charge in [-0.15, -0.1) is 0 Å². The second-order valence-electron chi connectivity index (χ2n) is 5.46. The number of rotatable bonds is 2. The summed E-state index contributed by atoms with van der Waals surface area (Å²) >= 11 is 0. The van der Waals surface area contributed by atoms with Crippen LogP contribution in [0.2, 0.25) is 0 Å². The summed E-state index contributed by atoms with van der Waals surface area (Å²) in [7, 11) is 0. The molecule has 2 aromatic rings. The van der Waals surface area contributed by atoms with E-state index in [1.54, 1.807) is 0 Å². The fraction of sp³-hybridized carbons (Fsp3) is 0.438. The van der Waals surface area contributed by atoms with Crippen LogP contribution in [-0.4, -0.2) is 5.16 Å². The highest BCUT2D eigenvalue weighted by Gasteiger charge is 2.25. The summed E-state index contributed by atoms with van der Waals surface area (Å²) in [5.74, 6) is 0.958. The Morgan fingerprint density at radius 3 is 2.63 bits per heavy atom. The molecule has 100 valence electrons. The lowest BCUT2D eigenvalue weighted by Crippen LogP contribution is -2.06. The molecule has 1 aliphatic rings. The van der Waals surface area contributed by atoms with E-state index in [4.69, 9.17) is 10.3 Å². The Hall–Kier alpha value is -1.77. The fourth-order valence-electron chi connectivity index (χ4n) is 3.09. The van der Waals surface area contributed by atoms with E-state index in [1.165, 1.54) is 37.7 Å². The van der Waals surface area contributed by atoms with Crippen LogP contribution < -0.4 is 5.73 Å². The van der Waals surface area contributed by atoms with Crippen LogP contribution in [-0.2, 0) is 0 Å². The minimum atomic E-state index is 0.454. The highest BCUT2D eigenvalue weighted by molar-refractivity contribution is 5.77. The number of nitrogens with zero attached hydrogens (tertiary/aromatic N) is 1. The molecular weight excluding hydrogens is 236 g/mol. The third-order valence-corrected chi connectivity index (χ3v) is 4.15. The molecule has 3 rings (SSSR count). The summed E-state index contributed by atoms with van der Waals surface area (Å²) in [6.45, 7) is 2.10. The van der Waals surface area contributed by atoms with Gasteiger partial charge in [-0.2, -0.15) is 0 Å². The van der Waals surface area contributed by atoms with Gasteiger partial charge in [0.1, 0.15) is 0 Å². The molecule has 1 aliphatic carbocycles. The van der Waals surface area contributed by atoms with Crippen molar-refractivity contribution in [2.45, 2.75) is 44.9 Å². The zero-order chi connectivity index (χ0) is 13.2. The van der Waals surface area contributed by atoms with Gasteiger partial charge in [0.15, 0.2) is 0 Å². The molecule has 0 amide bonds. The molecule has 1 heterocycles. The number of nitrogen functional groups attached to an aromatic ring is 1. The summed E-state index contributed by atoms with van der Waals surface area (Å²) < 4.78 is 5.29. The van der Waals surface area contributed by atoms with Gasteiger partial charge in [0.2, 0.25) is 5.88 Å². The van der Waals surface area contributed by atoms with Crippen LogP contribution >= 0.6 is 0 Å². The molecule has 3 heteroatoms. The third-order valence-electron chi connectivity index (χ3n) is 4.15. The lowest BCUT2D eigenvalue weighted by molar-refractivity contribution is 0.388. The standard InChI is InChI=1S/C16H20N2O/c1-11-7-5-6-10-13(11)14-15(18-19-16(14)17)12-8-3-2-4-9-12/h5-7,10,12H,2-4,8-9,17H2,1H3. The SMILES string of the molecule is Cc1ccccc1-c1c(C2CCCCC2)noc1N. The molecule has 0 unspecified atom stereocenters. The molecule has 0 spiro atoms. The average molecular weight is 256 g/mol. The van der Waals surface area contributed by atoms with Crippen molar-refractivity contribution in [1.29, 1.82) is 0 Å². The molecule has 2 N–H and O–H groups in total. The van der Waals surface area contributed by atoms with Gasteiger partial charge in [-0.05, 0) is 30.9 Å². The summed E-state index contributed by atoms with van der Waals surface area (Å²) in [5.41, 5.74) is 10.5. The lowest BCUT2D eigenvalue weighted by atomic mass is 9.84.